The quantitative estimate of drug-likeness (QED) is 0.0910. The standard InChI is InChI=1S/C20H23F2N9O9P2S3/c21-8-6(1-36-41(43)44)38-19(31-5-27-11-15(31)28-20(23)29-17(11)34)13(8)40-42(35,45)37-2-7-12(32)9(22)18(39-7)30-4-26-10-14(30)24-3-25-16(10)33/h3-9,12-13,18-19,32,41H,1-2H2,(H,35,45)(H,43,44)(H,24,25,33)(H3,23,28,29,34)/t6-,7-,8-,9+,12-,13-,18-,19-,42?/m1/s1. The molecule has 0 saturated carbocycles. The number of hydrogen-bond donors (Lipinski definition) is 6. The Morgan fingerprint density at radius 1 is 1.07 bits per heavy atom. The van der Waals surface area contributed by atoms with E-state index in [4.69, 9.17) is 52.4 Å². The Bertz CT molecular complexity index is 1930. The number of aromatic nitrogens is 8. The highest BCUT2D eigenvalue weighted by atomic mass is 32.9. The number of nitrogens with zero attached hydrogens (tertiary/aromatic N) is 6. The van der Waals surface area contributed by atoms with Crippen molar-refractivity contribution in [2.24, 2.45) is 0 Å². The second kappa shape index (κ2) is 12.7. The molecular weight excluding hydrogens is 706 g/mol. The van der Waals surface area contributed by atoms with Gasteiger partial charge in [0.15, 0.2) is 47.1 Å². The highest BCUT2D eigenvalue weighted by molar-refractivity contribution is 8.54. The summed E-state index contributed by atoms with van der Waals surface area (Å²) in [5.41, 5.74) is 4.15. The van der Waals surface area contributed by atoms with Gasteiger partial charge < -0.3 is 39.2 Å². The van der Waals surface area contributed by atoms with Crippen molar-refractivity contribution in [1.82, 2.24) is 39.0 Å². The number of H-pyrrole nitrogens is 2. The molecular formula is C20H23F2N9O9P2S3. The van der Waals surface area contributed by atoms with Crippen LogP contribution >= 0.6 is 25.1 Å². The van der Waals surface area contributed by atoms with Gasteiger partial charge in [-0.2, -0.15) is 4.98 Å². The molecule has 0 bridgehead atoms. The lowest BCUT2D eigenvalue weighted by Crippen LogP contribution is -2.33. The Morgan fingerprint density at radius 2 is 1.73 bits per heavy atom. The number of thiol groups is 1. The number of aliphatic hydroxyl groups is 1. The Kier molecular flexibility index (Phi) is 9.24. The first-order valence-corrected chi connectivity index (χ1v) is 19.2. The van der Waals surface area contributed by atoms with Crippen LogP contribution in [0.3, 0.4) is 0 Å². The monoisotopic (exact) mass is 729 g/mol. The number of ether oxygens (including phenoxy) is 2. The molecule has 2 aliphatic heterocycles. The van der Waals surface area contributed by atoms with Gasteiger partial charge >= 0.3 is 6.72 Å². The number of nitrogens with one attached hydrogen (secondary N) is 2. The van der Waals surface area contributed by atoms with Crippen LogP contribution in [0.5, 0.6) is 0 Å². The van der Waals surface area contributed by atoms with E-state index in [1.54, 1.807) is 0 Å². The summed E-state index contributed by atoms with van der Waals surface area (Å²) in [4.78, 5) is 55.7. The van der Waals surface area contributed by atoms with Crippen molar-refractivity contribution in [2.75, 3.05) is 18.9 Å². The summed E-state index contributed by atoms with van der Waals surface area (Å²) in [5.74, 6) is -0.253. The molecule has 0 aliphatic carbocycles. The van der Waals surface area contributed by atoms with E-state index in [0.717, 1.165) is 23.5 Å². The molecule has 2 saturated heterocycles. The van der Waals surface area contributed by atoms with Gasteiger partial charge in [-0.05, 0) is 11.8 Å². The maximum absolute atomic E-state index is 15.8. The normalized spacial score (nSPS) is 30.7. The second-order valence-electron chi connectivity index (χ2n) is 9.75. The molecule has 6 N–H and O–H groups in total. The zero-order valence-corrected chi connectivity index (χ0v) is 26.7. The maximum atomic E-state index is 15.8. The van der Waals surface area contributed by atoms with E-state index in [9.17, 15) is 19.6 Å². The molecule has 25 heteroatoms. The molecule has 18 nitrogen and oxygen atoms in total. The Morgan fingerprint density at radius 3 is 2.44 bits per heavy atom. The third-order valence-corrected chi connectivity index (χ3v) is 9.66. The number of aromatic amines is 2. The van der Waals surface area contributed by atoms with E-state index in [1.165, 1.54) is 4.57 Å². The zero-order valence-electron chi connectivity index (χ0n) is 22.2. The lowest BCUT2D eigenvalue weighted by atomic mass is 10.1. The van der Waals surface area contributed by atoms with E-state index in [0.29, 0.717) is 0 Å². The zero-order chi connectivity index (χ0) is 32.2. The lowest BCUT2D eigenvalue weighted by molar-refractivity contribution is -0.0534. The Labute approximate surface area is 265 Å². The molecule has 10 atom stereocenters. The SMILES string of the molecule is Nc1nc2c(ncn2[C@@H]2O[C@H](CO[PH](=S)S)[C@@H](F)[C@H]2OP(O)(=S)OC[C@H]2O[C@@H](n3cnc4c(=O)[nH]cnc43)[C@@H](F)[C@@H]2O)c(=O)[nH]1. The summed E-state index contributed by atoms with van der Waals surface area (Å²) in [6, 6.07) is 0. The van der Waals surface area contributed by atoms with Crippen molar-refractivity contribution in [2.45, 2.75) is 49.2 Å². The van der Waals surface area contributed by atoms with Crippen LogP contribution in [0.4, 0.5) is 14.7 Å². The van der Waals surface area contributed by atoms with Gasteiger partial charge in [-0.1, -0.05) is 11.8 Å². The van der Waals surface area contributed by atoms with Crippen molar-refractivity contribution in [1.29, 1.82) is 0 Å². The van der Waals surface area contributed by atoms with Crippen LogP contribution in [0, 0.1) is 0 Å². The van der Waals surface area contributed by atoms with E-state index >= 15 is 8.78 Å². The van der Waals surface area contributed by atoms with Crippen LogP contribution in [0.2, 0.25) is 0 Å². The molecule has 4 aromatic rings. The fourth-order valence-corrected chi connectivity index (χ4v) is 7.05. The molecule has 0 amide bonds. The van der Waals surface area contributed by atoms with E-state index in [2.05, 4.69) is 42.2 Å². The third kappa shape index (κ3) is 6.36. The minimum absolute atomic E-state index is 0.00284. The summed E-state index contributed by atoms with van der Waals surface area (Å²) < 4.78 is 60.9. The van der Waals surface area contributed by atoms with Gasteiger partial charge in [0.05, 0.1) is 32.2 Å². The number of halogens is 2. The van der Waals surface area contributed by atoms with Crippen molar-refractivity contribution in [3.63, 3.8) is 0 Å². The largest absolute Gasteiger partial charge is 0.387 e. The molecule has 2 aliphatic rings. The second-order valence-corrected chi connectivity index (χ2v) is 16.6. The van der Waals surface area contributed by atoms with Crippen molar-refractivity contribution < 1.29 is 41.8 Å². The van der Waals surface area contributed by atoms with E-state index < -0.39 is 79.8 Å². The number of nitrogens with two attached hydrogens (primary N) is 1. The molecule has 2 unspecified atom stereocenters. The summed E-state index contributed by atoms with van der Waals surface area (Å²) in [7, 11) is 0. The molecule has 6 rings (SSSR count). The van der Waals surface area contributed by atoms with Crippen LogP contribution in [-0.2, 0) is 46.7 Å². The van der Waals surface area contributed by atoms with Gasteiger partial charge in [0, 0.05) is 0 Å². The fourth-order valence-electron chi connectivity index (χ4n) is 4.91. The van der Waals surface area contributed by atoms with E-state index in [-0.39, 0.29) is 34.9 Å². The number of fused-ring (bicyclic) bond motifs is 2. The molecule has 4 aromatic heterocycles. The summed E-state index contributed by atoms with van der Waals surface area (Å²) >= 11 is 14.1. The number of hydrogen-bond acceptors (Lipinski definition) is 15. The Hall–Kier alpha value is -2.27. The number of aliphatic hydroxyl groups excluding tert-OH is 1. The van der Waals surface area contributed by atoms with Crippen LogP contribution < -0.4 is 16.9 Å². The van der Waals surface area contributed by atoms with E-state index in [1.807, 2.05) is 0 Å². The smallest absolute Gasteiger partial charge is 0.325 e. The fraction of sp³-hybridized carbons (Fsp3) is 0.500. The predicted molar refractivity (Wildman–Crippen MR) is 162 cm³/mol. The third-order valence-electron chi connectivity index (χ3n) is 6.95. The minimum atomic E-state index is -4.38. The number of anilines is 1. The minimum Gasteiger partial charge on any atom is -0.387 e. The topological polar surface area (TPSA) is 240 Å². The Balaban J connectivity index is 1.20. The number of alkyl halides is 2. The first kappa shape index (κ1) is 32.7. The van der Waals surface area contributed by atoms with Gasteiger partial charge in [-0.3, -0.25) is 28.2 Å². The number of rotatable bonds is 10. The molecule has 6 heterocycles. The van der Waals surface area contributed by atoms with Gasteiger partial charge in [0.25, 0.3) is 11.1 Å². The average Bonchev–Trinajstić information content (AvgIpc) is 3.73. The summed E-state index contributed by atoms with van der Waals surface area (Å²) in [5, 5.41) is 10.5. The summed E-state index contributed by atoms with van der Waals surface area (Å²) in [6.07, 6.45) is -11.6. The molecule has 244 valence electrons. The average molecular weight is 730 g/mol. The van der Waals surface area contributed by atoms with Crippen LogP contribution in [-0.4, -0.2) is 99.0 Å². The first-order valence-electron chi connectivity index (χ1n) is 12.8. The van der Waals surface area contributed by atoms with Crippen LogP contribution in [0.25, 0.3) is 22.3 Å². The van der Waals surface area contributed by atoms with Crippen molar-refractivity contribution >= 4 is 77.0 Å². The highest BCUT2D eigenvalue weighted by Crippen LogP contribution is 2.51. The van der Waals surface area contributed by atoms with Crippen LogP contribution in [0.15, 0.2) is 28.6 Å². The summed E-state index contributed by atoms with van der Waals surface area (Å²) in [6.45, 7) is -5.40. The number of imidazole rings is 2. The molecule has 2 fully saturated rings. The number of nitrogen functional groups attached to an aromatic ring is 1. The maximum Gasteiger partial charge on any atom is 0.325 e. The lowest BCUT2D eigenvalue weighted by Gasteiger charge is -2.26. The van der Waals surface area contributed by atoms with Crippen molar-refractivity contribution in [3.05, 3.63) is 39.7 Å². The predicted octanol–water partition coefficient (Wildman–Crippen LogP) is -0.262. The highest BCUT2D eigenvalue weighted by Gasteiger charge is 2.51. The molecule has 45 heavy (non-hydrogen) atoms. The van der Waals surface area contributed by atoms with Gasteiger partial charge in [0.2, 0.25) is 5.95 Å². The molecule has 0 aromatic carbocycles. The van der Waals surface area contributed by atoms with Gasteiger partial charge in [0.1, 0.15) is 30.5 Å². The molecule has 0 radical (unpaired) electrons. The molecule has 0 spiro atoms. The van der Waals surface area contributed by atoms with Gasteiger partial charge in [-0.15, -0.1) is 12.2 Å². The van der Waals surface area contributed by atoms with Crippen LogP contribution in [0.1, 0.15) is 12.5 Å². The van der Waals surface area contributed by atoms with Crippen molar-refractivity contribution in [3.8, 4) is 0 Å². The first-order chi connectivity index (χ1) is 21.3. The van der Waals surface area contributed by atoms with Gasteiger partial charge in [-0.25, -0.2) is 23.7 Å².